The third-order valence-electron chi connectivity index (χ3n) is 6.59. The van der Waals surface area contributed by atoms with Crippen LogP contribution in [0.1, 0.15) is 38.2 Å². The lowest BCUT2D eigenvalue weighted by Crippen LogP contribution is -2.52. The molecule has 0 saturated heterocycles. The lowest BCUT2D eigenvalue weighted by molar-refractivity contribution is -0.139. The Morgan fingerprint density at radius 3 is 2.21 bits per heavy atom. The molecule has 1 N–H and O–H groups in total. The molecule has 1 atom stereocenters. The number of nitrogens with one attached hydrogen (secondary N) is 1. The average molecular weight is 587 g/mol. The van der Waals surface area contributed by atoms with Gasteiger partial charge in [-0.25, -0.2) is 8.42 Å². The van der Waals surface area contributed by atoms with Crippen LogP contribution in [0.15, 0.2) is 36.4 Å². The average Bonchev–Trinajstić information content (AvgIpc) is 3.38. The molecule has 9 nitrogen and oxygen atoms in total. The van der Waals surface area contributed by atoms with Gasteiger partial charge in [0.25, 0.3) is 0 Å². The van der Waals surface area contributed by atoms with E-state index in [2.05, 4.69) is 5.32 Å². The number of hydrogen-bond donors (Lipinski definition) is 1. The van der Waals surface area contributed by atoms with E-state index in [1.165, 1.54) is 31.3 Å². The van der Waals surface area contributed by atoms with Crippen LogP contribution >= 0.6 is 23.2 Å². The number of anilines is 1. The summed E-state index contributed by atoms with van der Waals surface area (Å²) < 4.78 is 37.1. The van der Waals surface area contributed by atoms with E-state index in [9.17, 15) is 18.0 Å². The molecule has 1 fully saturated rings. The number of ether oxygens (including phenoxy) is 2. The van der Waals surface area contributed by atoms with Crippen LogP contribution < -0.4 is 19.1 Å². The maximum atomic E-state index is 13.8. The number of carbonyl (C=O) groups is 2. The van der Waals surface area contributed by atoms with Gasteiger partial charge in [0.1, 0.15) is 12.6 Å². The molecule has 1 saturated carbocycles. The van der Waals surface area contributed by atoms with Crippen molar-refractivity contribution in [2.24, 2.45) is 0 Å². The van der Waals surface area contributed by atoms with Crippen molar-refractivity contribution in [2.45, 2.75) is 51.2 Å². The topological polar surface area (TPSA) is 105 Å². The molecule has 2 aromatic rings. The van der Waals surface area contributed by atoms with Gasteiger partial charge in [0.05, 0.1) is 26.2 Å². The number of halogens is 2. The Kier molecular flexibility index (Phi) is 10.1. The molecule has 38 heavy (non-hydrogen) atoms. The van der Waals surface area contributed by atoms with Gasteiger partial charge in [0.15, 0.2) is 11.5 Å². The fourth-order valence-corrected chi connectivity index (χ4v) is 5.78. The molecule has 208 valence electrons. The van der Waals surface area contributed by atoms with Gasteiger partial charge in [-0.15, -0.1) is 0 Å². The fraction of sp³-hybridized carbons (Fsp3) is 0.462. The van der Waals surface area contributed by atoms with Crippen LogP contribution in [0.3, 0.4) is 0 Å². The first-order chi connectivity index (χ1) is 18.0. The third kappa shape index (κ3) is 7.24. The molecule has 0 radical (unpaired) electrons. The van der Waals surface area contributed by atoms with Crippen LogP contribution in [0.2, 0.25) is 10.0 Å². The van der Waals surface area contributed by atoms with Gasteiger partial charge in [0.2, 0.25) is 21.8 Å². The van der Waals surface area contributed by atoms with Gasteiger partial charge in [-0.05, 0) is 44.0 Å². The van der Waals surface area contributed by atoms with Crippen molar-refractivity contribution in [3.05, 3.63) is 52.0 Å². The Bertz CT molecular complexity index is 1250. The second kappa shape index (κ2) is 12.9. The van der Waals surface area contributed by atoms with Gasteiger partial charge < -0.3 is 19.7 Å². The first kappa shape index (κ1) is 29.9. The van der Waals surface area contributed by atoms with Gasteiger partial charge >= 0.3 is 0 Å². The molecule has 1 aliphatic carbocycles. The van der Waals surface area contributed by atoms with Crippen molar-refractivity contribution >= 4 is 50.7 Å². The number of hydrogen-bond acceptors (Lipinski definition) is 6. The van der Waals surface area contributed by atoms with E-state index in [1.54, 1.807) is 31.2 Å². The van der Waals surface area contributed by atoms with Crippen LogP contribution in [-0.2, 0) is 26.2 Å². The Hall–Kier alpha value is -2.69. The van der Waals surface area contributed by atoms with Crippen LogP contribution in [0.5, 0.6) is 11.5 Å². The molecule has 0 spiro atoms. The van der Waals surface area contributed by atoms with Crippen molar-refractivity contribution in [2.75, 3.05) is 31.3 Å². The van der Waals surface area contributed by atoms with E-state index < -0.39 is 28.5 Å². The summed E-state index contributed by atoms with van der Waals surface area (Å²) in [4.78, 5) is 28.2. The zero-order valence-electron chi connectivity index (χ0n) is 21.9. The minimum Gasteiger partial charge on any atom is -0.493 e. The summed E-state index contributed by atoms with van der Waals surface area (Å²) in [5.74, 6) is -0.223. The molecule has 1 aliphatic rings. The standard InChI is InChI=1S/C26H33Cl2N3O6S/c1-17(26(33)29-18-8-5-6-9-18)30(15-20-21(27)10-7-11-22(20)28)25(32)16-31(38(4,34)35)19-12-13-23(36-2)24(14-19)37-3/h7,10-14,17-18H,5-6,8-9,15-16H2,1-4H3,(H,29,33)/t17-/m1/s1. The quantitative estimate of drug-likeness (QED) is 0.422. The molecule has 0 heterocycles. The molecule has 12 heteroatoms. The predicted molar refractivity (Wildman–Crippen MR) is 149 cm³/mol. The Morgan fingerprint density at radius 1 is 1.05 bits per heavy atom. The lowest BCUT2D eigenvalue weighted by atomic mass is 10.1. The number of carbonyl (C=O) groups excluding carboxylic acids is 2. The Morgan fingerprint density at radius 2 is 1.66 bits per heavy atom. The number of amides is 2. The highest BCUT2D eigenvalue weighted by Gasteiger charge is 2.32. The minimum absolute atomic E-state index is 0.0464. The SMILES string of the molecule is COc1ccc(N(CC(=O)N(Cc2c(Cl)cccc2Cl)[C@H](C)C(=O)NC2CCCC2)S(C)(=O)=O)cc1OC. The lowest BCUT2D eigenvalue weighted by Gasteiger charge is -2.32. The summed E-state index contributed by atoms with van der Waals surface area (Å²) in [6.07, 6.45) is 4.83. The third-order valence-corrected chi connectivity index (χ3v) is 8.44. The second-order valence-electron chi connectivity index (χ2n) is 9.20. The van der Waals surface area contributed by atoms with E-state index in [-0.39, 0.29) is 24.2 Å². The van der Waals surface area contributed by atoms with E-state index in [0.29, 0.717) is 27.1 Å². The summed E-state index contributed by atoms with van der Waals surface area (Å²) in [5, 5.41) is 3.67. The maximum absolute atomic E-state index is 13.8. The van der Waals surface area contributed by atoms with Crippen molar-refractivity contribution in [1.82, 2.24) is 10.2 Å². The highest BCUT2D eigenvalue weighted by molar-refractivity contribution is 7.92. The van der Waals surface area contributed by atoms with Crippen LogP contribution in [0, 0.1) is 0 Å². The molecule has 0 unspecified atom stereocenters. The molecule has 3 rings (SSSR count). The molecular formula is C26H33Cl2N3O6S. The van der Waals surface area contributed by atoms with Crippen molar-refractivity contribution in [1.29, 1.82) is 0 Å². The number of benzene rings is 2. The highest BCUT2D eigenvalue weighted by Crippen LogP contribution is 2.33. The van der Waals surface area contributed by atoms with E-state index in [1.807, 2.05) is 0 Å². The monoisotopic (exact) mass is 585 g/mol. The Balaban J connectivity index is 1.95. The Labute approximate surface area is 234 Å². The highest BCUT2D eigenvalue weighted by atomic mass is 35.5. The fourth-order valence-electron chi connectivity index (χ4n) is 4.42. The van der Waals surface area contributed by atoms with Crippen molar-refractivity contribution in [3.63, 3.8) is 0 Å². The molecule has 0 aromatic heterocycles. The van der Waals surface area contributed by atoms with E-state index in [0.717, 1.165) is 36.2 Å². The second-order valence-corrected chi connectivity index (χ2v) is 11.9. The minimum atomic E-state index is -3.91. The summed E-state index contributed by atoms with van der Waals surface area (Å²) >= 11 is 12.8. The zero-order valence-corrected chi connectivity index (χ0v) is 24.2. The van der Waals surface area contributed by atoms with Crippen molar-refractivity contribution < 1.29 is 27.5 Å². The molecule has 0 aliphatic heterocycles. The largest absolute Gasteiger partial charge is 0.493 e. The van der Waals surface area contributed by atoms with Crippen LogP contribution in [0.4, 0.5) is 5.69 Å². The van der Waals surface area contributed by atoms with E-state index in [4.69, 9.17) is 32.7 Å². The number of sulfonamides is 1. The first-order valence-corrected chi connectivity index (χ1v) is 14.8. The number of rotatable bonds is 11. The zero-order chi connectivity index (χ0) is 28.0. The smallest absolute Gasteiger partial charge is 0.244 e. The number of methoxy groups -OCH3 is 2. The van der Waals surface area contributed by atoms with Gasteiger partial charge in [0, 0.05) is 34.3 Å². The van der Waals surface area contributed by atoms with Crippen LogP contribution in [0.25, 0.3) is 0 Å². The van der Waals surface area contributed by atoms with Gasteiger partial charge in [-0.1, -0.05) is 42.1 Å². The predicted octanol–water partition coefficient (Wildman–Crippen LogP) is 4.25. The van der Waals surface area contributed by atoms with E-state index >= 15 is 0 Å². The van der Waals surface area contributed by atoms with Gasteiger partial charge in [-0.3, -0.25) is 13.9 Å². The van der Waals surface area contributed by atoms with Gasteiger partial charge in [-0.2, -0.15) is 0 Å². The molecule has 2 amide bonds. The van der Waals surface area contributed by atoms with Crippen molar-refractivity contribution in [3.8, 4) is 11.5 Å². The summed E-state index contributed by atoms with van der Waals surface area (Å²) in [5.41, 5.74) is 0.666. The maximum Gasteiger partial charge on any atom is 0.244 e. The van der Waals surface area contributed by atoms with Crippen LogP contribution in [-0.4, -0.2) is 64.2 Å². The summed E-state index contributed by atoms with van der Waals surface area (Å²) in [6.45, 7) is 0.964. The first-order valence-electron chi connectivity index (χ1n) is 12.2. The molecule has 2 aromatic carbocycles. The molecular weight excluding hydrogens is 553 g/mol. The summed E-state index contributed by atoms with van der Waals surface area (Å²) in [7, 11) is -1.02. The molecule has 0 bridgehead atoms. The number of nitrogens with zero attached hydrogens (tertiary/aromatic N) is 2. The normalized spacial score (nSPS) is 14.6. The summed E-state index contributed by atoms with van der Waals surface area (Å²) in [6, 6.07) is 8.63.